The lowest BCUT2D eigenvalue weighted by Gasteiger charge is -2.29. The Bertz CT molecular complexity index is 1580. The van der Waals surface area contributed by atoms with Crippen LogP contribution >= 0.6 is 0 Å². The van der Waals surface area contributed by atoms with Gasteiger partial charge >= 0.3 is 0 Å². The van der Waals surface area contributed by atoms with E-state index in [0.717, 1.165) is 41.0 Å². The fourth-order valence-corrected chi connectivity index (χ4v) is 5.14. The summed E-state index contributed by atoms with van der Waals surface area (Å²) in [4.78, 5) is 14.8. The van der Waals surface area contributed by atoms with E-state index in [-0.39, 0.29) is 0 Å². The number of nitrogens with one attached hydrogen (secondary N) is 3. The molecule has 3 N–H and O–H groups in total. The monoisotopic (exact) mass is 551 g/mol. The van der Waals surface area contributed by atoms with Crippen LogP contribution in [0.15, 0.2) is 48.7 Å². The van der Waals surface area contributed by atoms with Crippen LogP contribution in [0.25, 0.3) is 11.0 Å². The van der Waals surface area contributed by atoms with Gasteiger partial charge in [-0.1, -0.05) is 12.1 Å². The van der Waals surface area contributed by atoms with Gasteiger partial charge in [0.15, 0.2) is 0 Å². The predicted octanol–water partition coefficient (Wildman–Crippen LogP) is 3.86. The summed E-state index contributed by atoms with van der Waals surface area (Å²) in [5, 5.41) is 7.52. The number of H-pyrrole nitrogens is 1. The van der Waals surface area contributed by atoms with E-state index in [1.165, 1.54) is 10.6 Å². The van der Waals surface area contributed by atoms with Crippen molar-refractivity contribution in [3.63, 3.8) is 0 Å². The second-order valence-corrected chi connectivity index (χ2v) is 11.4. The van der Waals surface area contributed by atoms with Gasteiger partial charge in [0.25, 0.3) is 0 Å². The molecular formula is C27H33N7O4S. The number of aromatic amines is 1. The van der Waals surface area contributed by atoms with E-state index in [9.17, 15) is 8.42 Å². The number of rotatable bonds is 9. The molecule has 1 saturated heterocycles. The summed E-state index contributed by atoms with van der Waals surface area (Å²) < 4.78 is 36.9. The minimum atomic E-state index is -3.42. The largest absolute Gasteiger partial charge is 0.494 e. The highest BCUT2D eigenvalue weighted by Gasteiger charge is 2.19. The number of hydrogen-bond acceptors (Lipinski definition) is 9. The molecule has 1 aliphatic rings. The molecule has 1 fully saturated rings. The van der Waals surface area contributed by atoms with Crippen LogP contribution in [-0.2, 0) is 21.3 Å². The van der Waals surface area contributed by atoms with Crippen molar-refractivity contribution in [2.45, 2.75) is 13.5 Å². The summed E-state index contributed by atoms with van der Waals surface area (Å²) in [6.45, 7) is 5.41. The molecule has 2 aromatic heterocycles. The third kappa shape index (κ3) is 5.71. The number of aryl methyl sites for hydroxylation is 1. The van der Waals surface area contributed by atoms with Gasteiger partial charge in [0.2, 0.25) is 16.0 Å². The number of aromatic nitrogens is 3. The molecule has 0 radical (unpaired) electrons. The molecule has 206 valence electrons. The minimum Gasteiger partial charge on any atom is -0.494 e. The van der Waals surface area contributed by atoms with Gasteiger partial charge in [-0.25, -0.2) is 8.42 Å². The predicted molar refractivity (Wildman–Crippen MR) is 155 cm³/mol. The summed E-state index contributed by atoms with van der Waals surface area (Å²) >= 11 is 0. The fourth-order valence-electron chi connectivity index (χ4n) is 4.62. The van der Waals surface area contributed by atoms with Gasteiger partial charge in [-0.3, -0.25) is 4.31 Å². The maximum absolute atomic E-state index is 12.2. The Morgan fingerprint density at radius 3 is 2.69 bits per heavy atom. The third-order valence-electron chi connectivity index (χ3n) is 6.88. The number of morpholine rings is 1. The van der Waals surface area contributed by atoms with Crippen molar-refractivity contribution in [2.24, 2.45) is 0 Å². The van der Waals surface area contributed by atoms with Gasteiger partial charge < -0.3 is 30.0 Å². The van der Waals surface area contributed by atoms with E-state index in [1.54, 1.807) is 20.2 Å². The molecule has 2 aromatic carbocycles. The van der Waals surface area contributed by atoms with Crippen LogP contribution in [0.5, 0.6) is 5.75 Å². The van der Waals surface area contributed by atoms with Crippen molar-refractivity contribution < 1.29 is 17.9 Å². The first kappa shape index (κ1) is 26.6. The lowest BCUT2D eigenvalue weighted by atomic mass is 10.1. The van der Waals surface area contributed by atoms with Crippen molar-refractivity contribution in [3.05, 3.63) is 59.8 Å². The number of methoxy groups -OCH3 is 1. The van der Waals surface area contributed by atoms with Gasteiger partial charge in [0.05, 0.1) is 43.3 Å². The van der Waals surface area contributed by atoms with E-state index >= 15 is 0 Å². The maximum Gasteiger partial charge on any atom is 0.232 e. The maximum atomic E-state index is 12.2. The van der Waals surface area contributed by atoms with Gasteiger partial charge in [0.1, 0.15) is 17.2 Å². The fraction of sp³-hybridized carbons (Fsp3) is 0.333. The molecule has 0 spiro atoms. The molecule has 1 aliphatic heterocycles. The van der Waals surface area contributed by atoms with E-state index in [4.69, 9.17) is 14.5 Å². The number of anilines is 5. The van der Waals surface area contributed by atoms with Crippen molar-refractivity contribution >= 4 is 49.9 Å². The number of hydrogen-bond donors (Lipinski definition) is 3. The summed E-state index contributed by atoms with van der Waals surface area (Å²) in [6, 6.07) is 13.5. The molecule has 0 atom stereocenters. The summed E-state index contributed by atoms with van der Waals surface area (Å²) in [5.74, 6) is 1.68. The topological polar surface area (TPSA) is 125 Å². The SMILES string of the molecule is COc1cc(N2CCOCC2)ccc1Nc1nc(NCc2c(C)cccc2N(C)S(C)(=O)=O)c2cc[nH]c2n1. The molecule has 11 nitrogen and oxygen atoms in total. The van der Waals surface area contributed by atoms with Crippen LogP contribution in [0.4, 0.5) is 28.8 Å². The smallest absolute Gasteiger partial charge is 0.232 e. The molecule has 3 heterocycles. The molecule has 0 saturated carbocycles. The molecular weight excluding hydrogens is 518 g/mol. The van der Waals surface area contributed by atoms with Gasteiger partial charge in [0, 0.05) is 44.6 Å². The van der Waals surface area contributed by atoms with Crippen LogP contribution < -0.4 is 24.6 Å². The molecule has 4 aromatic rings. The van der Waals surface area contributed by atoms with Crippen LogP contribution in [0.1, 0.15) is 11.1 Å². The second-order valence-electron chi connectivity index (χ2n) is 9.40. The second kappa shape index (κ2) is 11.0. The number of fused-ring (bicyclic) bond motifs is 1. The average molecular weight is 552 g/mol. The highest BCUT2D eigenvalue weighted by molar-refractivity contribution is 7.92. The quantitative estimate of drug-likeness (QED) is 0.284. The normalized spacial score (nSPS) is 13.9. The van der Waals surface area contributed by atoms with Crippen molar-refractivity contribution in [1.29, 1.82) is 0 Å². The number of benzene rings is 2. The Hall–Kier alpha value is -4.03. The Morgan fingerprint density at radius 2 is 1.95 bits per heavy atom. The number of ether oxygens (including phenoxy) is 2. The third-order valence-corrected chi connectivity index (χ3v) is 8.07. The number of sulfonamides is 1. The van der Waals surface area contributed by atoms with Crippen LogP contribution in [0, 0.1) is 6.92 Å². The first-order valence-corrected chi connectivity index (χ1v) is 14.5. The lowest BCUT2D eigenvalue weighted by Crippen LogP contribution is -2.36. The van der Waals surface area contributed by atoms with Crippen LogP contribution in [-0.4, -0.2) is 70.1 Å². The molecule has 5 rings (SSSR count). The standard InChI is InChI=1S/C27H33N7O4S/c1-18-6-5-7-23(33(2)39(4,35)36)21(18)17-29-26-20-10-11-28-25(20)31-27(32-26)30-22-9-8-19(16-24(22)37-3)34-12-14-38-15-13-34/h5-11,16H,12-15,17H2,1-4H3,(H3,28,29,30,31,32). The lowest BCUT2D eigenvalue weighted by molar-refractivity contribution is 0.122. The molecule has 39 heavy (non-hydrogen) atoms. The Morgan fingerprint density at radius 1 is 1.15 bits per heavy atom. The van der Waals surface area contributed by atoms with E-state index in [0.29, 0.717) is 48.6 Å². The highest BCUT2D eigenvalue weighted by Crippen LogP contribution is 2.33. The van der Waals surface area contributed by atoms with Crippen molar-refractivity contribution in [2.75, 3.05) is 66.6 Å². The Balaban J connectivity index is 1.42. The van der Waals surface area contributed by atoms with Gasteiger partial charge in [-0.05, 0) is 42.3 Å². The zero-order valence-corrected chi connectivity index (χ0v) is 23.3. The van der Waals surface area contributed by atoms with Crippen LogP contribution in [0.2, 0.25) is 0 Å². The molecule has 0 bridgehead atoms. The Kier molecular flexibility index (Phi) is 7.49. The van der Waals surface area contributed by atoms with Gasteiger partial charge in [-0.15, -0.1) is 0 Å². The first-order chi connectivity index (χ1) is 18.7. The molecule has 12 heteroatoms. The number of nitrogens with zero attached hydrogens (tertiary/aromatic N) is 4. The van der Waals surface area contributed by atoms with Crippen LogP contribution in [0.3, 0.4) is 0 Å². The summed E-state index contributed by atoms with van der Waals surface area (Å²) in [5.41, 5.74) is 4.92. The minimum absolute atomic E-state index is 0.371. The Labute approximate surface area is 228 Å². The summed E-state index contributed by atoms with van der Waals surface area (Å²) in [6.07, 6.45) is 3.00. The molecule has 0 unspecified atom stereocenters. The highest BCUT2D eigenvalue weighted by atomic mass is 32.2. The van der Waals surface area contributed by atoms with E-state index in [1.807, 2.05) is 49.5 Å². The summed E-state index contributed by atoms with van der Waals surface area (Å²) in [7, 11) is -0.223. The average Bonchev–Trinajstić information content (AvgIpc) is 3.41. The zero-order valence-electron chi connectivity index (χ0n) is 22.5. The molecule has 0 amide bonds. The van der Waals surface area contributed by atoms with Crippen molar-refractivity contribution in [1.82, 2.24) is 15.0 Å². The van der Waals surface area contributed by atoms with E-state index < -0.39 is 10.0 Å². The zero-order chi connectivity index (χ0) is 27.6. The molecule has 0 aliphatic carbocycles. The first-order valence-electron chi connectivity index (χ1n) is 12.6. The van der Waals surface area contributed by atoms with Crippen molar-refractivity contribution in [3.8, 4) is 5.75 Å². The van der Waals surface area contributed by atoms with E-state index in [2.05, 4.69) is 25.5 Å². The van der Waals surface area contributed by atoms with Gasteiger partial charge in [-0.2, -0.15) is 9.97 Å².